The van der Waals surface area contributed by atoms with Crippen LogP contribution >= 0.6 is 23.4 Å². The Kier molecular flexibility index (Phi) is 3.77. The van der Waals surface area contributed by atoms with Gasteiger partial charge in [-0.25, -0.2) is 9.78 Å². The molecule has 0 radical (unpaired) electrons. The van der Waals surface area contributed by atoms with Crippen LogP contribution in [0.2, 0.25) is 5.02 Å². The largest absolute Gasteiger partial charge is 0.454 e. The molecular weight excluding hydrogens is 368 g/mol. The molecule has 4 rings (SSSR count). The average Bonchev–Trinajstić information content (AvgIpc) is 3.22. The number of halogens is 1. The van der Waals surface area contributed by atoms with Crippen LogP contribution in [0.3, 0.4) is 0 Å². The highest BCUT2D eigenvalue weighted by Crippen LogP contribution is 2.38. The molecule has 10 heteroatoms. The van der Waals surface area contributed by atoms with E-state index in [-0.39, 0.29) is 6.79 Å². The molecule has 0 saturated heterocycles. The number of aromatic nitrogens is 4. The summed E-state index contributed by atoms with van der Waals surface area (Å²) < 4.78 is 13.0. The molecule has 2 aromatic heterocycles. The van der Waals surface area contributed by atoms with E-state index in [4.69, 9.17) is 21.1 Å². The number of rotatable bonds is 3. The molecule has 0 spiro atoms. The van der Waals surface area contributed by atoms with Crippen LogP contribution in [-0.4, -0.2) is 25.9 Å². The fraction of sp³-hybridized carbons (Fsp3) is 0.267. The Balaban J connectivity index is 1.66. The van der Waals surface area contributed by atoms with Crippen molar-refractivity contribution in [3.63, 3.8) is 0 Å². The Labute approximate surface area is 150 Å². The van der Waals surface area contributed by atoms with Gasteiger partial charge in [-0.3, -0.25) is 13.9 Å². The van der Waals surface area contributed by atoms with Gasteiger partial charge < -0.3 is 14.5 Å². The lowest BCUT2D eigenvalue weighted by molar-refractivity contribution is 0.174. The van der Waals surface area contributed by atoms with Crippen LogP contribution in [0.4, 0.5) is 0 Å². The Hall–Kier alpha value is -2.39. The summed E-state index contributed by atoms with van der Waals surface area (Å²) in [5, 5.41) is 1.10. The summed E-state index contributed by atoms with van der Waals surface area (Å²) in [7, 11) is 3.01. The highest BCUT2D eigenvalue weighted by atomic mass is 35.5. The molecule has 25 heavy (non-hydrogen) atoms. The van der Waals surface area contributed by atoms with Gasteiger partial charge in [0.05, 0.1) is 0 Å². The fourth-order valence-electron chi connectivity index (χ4n) is 2.59. The number of imidazole rings is 1. The fourth-order valence-corrected chi connectivity index (χ4v) is 3.75. The van der Waals surface area contributed by atoms with Gasteiger partial charge in [0.1, 0.15) is 0 Å². The van der Waals surface area contributed by atoms with E-state index < -0.39 is 11.2 Å². The van der Waals surface area contributed by atoms with Crippen LogP contribution in [0.15, 0.2) is 26.9 Å². The third kappa shape index (κ3) is 2.59. The molecule has 1 N–H and O–H groups in total. The molecule has 0 unspecified atom stereocenters. The quantitative estimate of drug-likeness (QED) is 0.694. The van der Waals surface area contributed by atoms with Crippen molar-refractivity contribution in [3.8, 4) is 11.5 Å². The second-order valence-electron chi connectivity index (χ2n) is 5.53. The number of benzene rings is 1. The maximum atomic E-state index is 12.2. The Morgan fingerprint density at radius 1 is 1.24 bits per heavy atom. The van der Waals surface area contributed by atoms with Gasteiger partial charge >= 0.3 is 5.69 Å². The standard InChI is InChI=1S/C15H13ClN4O4S/c1-19-12-11(13(21)20(2)15(19)22)17-14(18-12)25-5-7-3-9-10(4-8(7)16)24-6-23-9/h3-4H,5-6H2,1-2H3,(H,17,18). The van der Waals surface area contributed by atoms with Crippen molar-refractivity contribution in [2.75, 3.05) is 6.79 Å². The number of nitrogens with one attached hydrogen (secondary N) is 1. The SMILES string of the molecule is Cn1c(=O)c2[nH]c(SCc3cc4c(cc3Cl)OCO4)nc2n(C)c1=O. The second-order valence-corrected chi connectivity index (χ2v) is 6.90. The monoisotopic (exact) mass is 380 g/mol. The van der Waals surface area contributed by atoms with E-state index in [0.29, 0.717) is 38.6 Å². The van der Waals surface area contributed by atoms with Gasteiger partial charge in [0.25, 0.3) is 5.56 Å². The van der Waals surface area contributed by atoms with E-state index in [2.05, 4.69) is 9.97 Å². The summed E-state index contributed by atoms with van der Waals surface area (Å²) >= 11 is 7.64. The topological polar surface area (TPSA) is 91.1 Å². The molecule has 0 bridgehead atoms. The smallest absolute Gasteiger partial charge is 0.332 e. The third-order valence-electron chi connectivity index (χ3n) is 3.98. The van der Waals surface area contributed by atoms with Crippen molar-refractivity contribution >= 4 is 34.5 Å². The first-order chi connectivity index (χ1) is 12.0. The second kappa shape index (κ2) is 5.85. The zero-order chi connectivity index (χ0) is 17.7. The molecule has 3 heterocycles. The summed E-state index contributed by atoms with van der Waals surface area (Å²) in [6, 6.07) is 3.55. The molecule has 1 aliphatic heterocycles. The molecule has 130 valence electrons. The van der Waals surface area contributed by atoms with Crippen molar-refractivity contribution in [1.82, 2.24) is 19.1 Å². The number of thioether (sulfide) groups is 1. The maximum absolute atomic E-state index is 12.2. The van der Waals surface area contributed by atoms with Crippen molar-refractivity contribution in [2.24, 2.45) is 14.1 Å². The summed E-state index contributed by atoms with van der Waals surface area (Å²) in [5.41, 5.74) is 0.660. The number of H-pyrrole nitrogens is 1. The minimum atomic E-state index is -0.417. The minimum Gasteiger partial charge on any atom is -0.454 e. The number of hydrogen-bond acceptors (Lipinski definition) is 6. The Morgan fingerprint density at radius 2 is 1.96 bits per heavy atom. The predicted octanol–water partition coefficient (Wildman–Crippen LogP) is 1.63. The van der Waals surface area contributed by atoms with Crippen molar-refractivity contribution in [3.05, 3.63) is 43.6 Å². The number of hydrogen-bond donors (Lipinski definition) is 1. The molecule has 0 amide bonds. The molecule has 1 aromatic carbocycles. The van der Waals surface area contributed by atoms with Crippen LogP contribution < -0.4 is 20.7 Å². The third-order valence-corrected chi connectivity index (χ3v) is 5.25. The molecule has 0 saturated carbocycles. The van der Waals surface area contributed by atoms with Gasteiger partial charge in [0.2, 0.25) is 6.79 Å². The van der Waals surface area contributed by atoms with E-state index in [9.17, 15) is 9.59 Å². The summed E-state index contributed by atoms with van der Waals surface area (Å²) in [4.78, 5) is 31.5. The lowest BCUT2D eigenvalue weighted by atomic mass is 10.2. The molecule has 1 aliphatic rings. The minimum absolute atomic E-state index is 0.184. The number of aryl methyl sites for hydroxylation is 1. The van der Waals surface area contributed by atoms with Crippen LogP contribution in [0.25, 0.3) is 11.2 Å². The van der Waals surface area contributed by atoms with Gasteiger partial charge in [-0.1, -0.05) is 23.4 Å². The normalized spacial score (nSPS) is 12.9. The van der Waals surface area contributed by atoms with Gasteiger partial charge in [-0.2, -0.15) is 0 Å². The Bertz CT molecular complexity index is 1120. The van der Waals surface area contributed by atoms with E-state index in [1.807, 2.05) is 6.07 Å². The Morgan fingerprint density at radius 3 is 2.72 bits per heavy atom. The molecular formula is C15H13ClN4O4S. The highest BCUT2D eigenvalue weighted by Gasteiger charge is 2.18. The van der Waals surface area contributed by atoms with E-state index in [0.717, 1.165) is 10.1 Å². The number of nitrogens with zero attached hydrogens (tertiary/aromatic N) is 3. The van der Waals surface area contributed by atoms with Crippen LogP contribution in [0, 0.1) is 0 Å². The average molecular weight is 381 g/mol. The van der Waals surface area contributed by atoms with E-state index >= 15 is 0 Å². The number of aromatic amines is 1. The zero-order valence-electron chi connectivity index (χ0n) is 13.3. The summed E-state index contributed by atoms with van der Waals surface area (Å²) in [6.45, 7) is 0.184. The van der Waals surface area contributed by atoms with Crippen LogP contribution in [0.1, 0.15) is 5.56 Å². The molecule has 0 fully saturated rings. The number of ether oxygens (including phenoxy) is 2. The predicted molar refractivity (Wildman–Crippen MR) is 93.7 cm³/mol. The van der Waals surface area contributed by atoms with E-state index in [1.165, 1.54) is 23.4 Å². The van der Waals surface area contributed by atoms with Gasteiger partial charge in [-0.15, -0.1) is 0 Å². The highest BCUT2D eigenvalue weighted by molar-refractivity contribution is 7.98. The first kappa shape index (κ1) is 16.1. The molecule has 0 aliphatic carbocycles. The van der Waals surface area contributed by atoms with Crippen molar-refractivity contribution in [1.29, 1.82) is 0 Å². The van der Waals surface area contributed by atoms with Crippen LogP contribution in [0.5, 0.6) is 11.5 Å². The van der Waals surface area contributed by atoms with Gasteiger partial charge in [0.15, 0.2) is 27.8 Å². The maximum Gasteiger partial charge on any atom is 0.332 e. The lowest BCUT2D eigenvalue weighted by Gasteiger charge is -2.04. The lowest BCUT2D eigenvalue weighted by Crippen LogP contribution is -2.36. The molecule has 3 aromatic rings. The van der Waals surface area contributed by atoms with Crippen LogP contribution in [-0.2, 0) is 19.8 Å². The van der Waals surface area contributed by atoms with Crippen molar-refractivity contribution in [2.45, 2.75) is 10.9 Å². The first-order valence-electron chi connectivity index (χ1n) is 7.32. The number of fused-ring (bicyclic) bond motifs is 2. The van der Waals surface area contributed by atoms with Gasteiger partial charge in [0, 0.05) is 30.9 Å². The first-order valence-corrected chi connectivity index (χ1v) is 8.68. The zero-order valence-corrected chi connectivity index (χ0v) is 14.9. The summed E-state index contributed by atoms with van der Waals surface area (Å²) in [6.07, 6.45) is 0. The van der Waals surface area contributed by atoms with Gasteiger partial charge in [-0.05, 0) is 11.6 Å². The molecule has 8 nitrogen and oxygen atoms in total. The summed E-state index contributed by atoms with van der Waals surface area (Å²) in [5.74, 6) is 1.80. The van der Waals surface area contributed by atoms with Crippen molar-refractivity contribution < 1.29 is 9.47 Å². The molecule has 0 atom stereocenters. The van der Waals surface area contributed by atoms with E-state index in [1.54, 1.807) is 13.1 Å².